The number of carbonyl (C=O) groups excluding carboxylic acids is 2. The highest BCUT2D eigenvalue weighted by atomic mass is 16.3. The number of hydrogen-bond donors (Lipinski definition) is 0. The summed E-state index contributed by atoms with van der Waals surface area (Å²) in [5.74, 6) is 0.823. The van der Waals surface area contributed by atoms with E-state index in [0.717, 1.165) is 43.4 Å². The minimum absolute atomic E-state index is 0.0275. The van der Waals surface area contributed by atoms with E-state index in [1.807, 2.05) is 54.3 Å². The van der Waals surface area contributed by atoms with Gasteiger partial charge in [-0.2, -0.15) is 0 Å². The normalized spacial score (nSPS) is 14.5. The summed E-state index contributed by atoms with van der Waals surface area (Å²) in [6, 6.07) is 13.9. The predicted octanol–water partition coefficient (Wildman–Crippen LogP) is 4.77. The van der Waals surface area contributed by atoms with Gasteiger partial charge in [-0.25, -0.2) is 0 Å². The van der Waals surface area contributed by atoms with Crippen LogP contribution in [-0.2, 0) is 22.7 Å². The largest absolute Gasteiger partial charge is 0.467 e. The molecule has 0 aliphatic heterocycles. The molecule has 2 amide bonds. The first-order valence-corrected chi connectivity index (χ1v) is 10.8. The van der Waals surface area contributed by atoms with Gasteiger partial charge in [0, 0.05) is 19.0 Å². The highest BCUT2D eigenvalue weighted by Gasteiger charge is 2.28. The van der Waals surface area contributed by atoms with Crippen LogP contribution in [0.5, 0.6) is 0 Å². The Morgan fingerprint density at radius 2 is 1.72 bits per heavy atom. The summed E-state index contributed by atoms with van der Waals surface area (Å²) in [6.45, 7) is 3.07. The van der Waals surface area contributed by atoms with Crippen LogP contribution in [0.3, 0.4) is 0 Å². The fraction of sp³-hybridized carbons (Fsp3) is 0.500. The lowest BCUT2D eigenvalue weighted by molar-refractivity contribution is -0.144. The summed E-state index contributed by atoms with van der Waals surface area (Å²) in [5.41, 5.74) is 1.07. The molecule has 0 unspecified atom stereocenters. The molecule has 1 fully saturated rings. The molecule has 29 heavy (non-hydrogen) atoms. The van der Waals surface area contributed by atoms with Crippen LogP contribution in [0.25, 0.3) is 0 Å². The highest BCUT2D eigenvalue weighted by Crippen LogP contribution is 2.24. The zero-order valence-corrected chi connectivity index (χ0v) is 17.4. The minimum atomic E-state index is -0.0275. The first kappa shape index (κ1) is 21.2. The second kappa shape index (κ2) is 10.8. The van der Waals surface area contributed by atoms with E-state index in [4.69, 9.17) is 4.42 Å². The Morgan fingerprint density at radius 1 is 0.966 bits per heavy atom. The Hall–Kier alpha value is -2.56. The quantitative estimate of drug-likeness (QED) is 0.613. The molecule has 5 heteroatoms. The highest BCUT2D eigenvalue weighted by molar-refractivity contribution is 5.85. The van der Waals surface area contributed by atoms with E-state index in [-0.39, 0.29) is 24.4 Å². The summed E-state index contributed by atoms with van der Waals surface area (Å²) in [6.07, 6.45) is 8.42. The van der Waals surface area contributed by atoms with Crippen molar-refractivity contribution in [2.45, 2.75) is 71.0 Å². The summed E-state index contributed by atoms with van der Waals surface area (Å²) >= 11 is 0. The van der Waals surface area contributed by atoms with E-state index in [2.05, 4.69) is 0 Å². The Bertz CT molecular complexity index is 752. The molecule has 156 valence electrons. The van der Waals surface area contributed by atoms with E-state index < -0.39 is 0 Å². The lowest BCUT2D eigenvalue weighted by atomic mass is 9.94. The van der Waals surface area contributed by atoms with Crippen molar-refractivity contribution in [1.82, 2.24) is 9.80 Å². The van der Waals surface area contributed by atoms with Gasteiger partial charge in [-0.05, 0) is 37.0 Å². The second-order valence-electron chi connectivity index (χ2n) is 7.88. The zero-order chi connectivity index (χ0) is 20.5. The Morgan fingerprint density at radius 3 is 2.38 bits per heavy atom. The van der Waals surface area contributed by atoms with Gasteiger partial charge < -0.3 is 14.2 Å². The number of benzene rings is 1. The average Bonchev–Trinajstić information content (AvgIpc) is 3.26. The van der Waals surface area contributed by atoms with Gasteiger partial charge in [-0.1, -0.05) is 56.5 Å². The maximum absolute atomic E-state index is 13.3. The number of rotatable bonds is 9. The summed E-state index contributed by atoms with van der Waals surface area (Å²) in [5, 5.41) is 0. The number of nitrogens with zero attached hydrogens (tertiary/aromatic N) is 2. The molecule has 1 aliphatic carbocycles. The first-order valence-electron chi connectivity index (χ1n) is 10.8. The molecule has 0 radical (unpaired) electrons. The molecule has 1 heterocycles. The van der Waals surface area contributed by atoms with E-state index in [1.165, 1.54) is 6.42 Å². The molecule has 0 atom stereocenters. The zero-order valence-electron chi connectivity index (χ0n) is 17.4. The molecule has 1 aliphatic rings. The van der Waals surface area contributed by atoms with Crippen LogP contribution in [0.15, 0.2) is 53.1 Å². The third-order valence-electron chi connectivity index (χ3n) is 5.60. The SMILES string of the molecule is CCCC(=O)N(CC(=O)N(Cc1ccccc1)Cc1ccco1)C1CCCCC1. The van der Waals surface area contributed by atoms with E-state index in [0.29, 0.717) is 19.5 Å². The average molecular weight is 397 g/mol. The maximum Gasteiger partial charge on any atom is 0.242 e. The van der Waals surface area contributed by atoms with Crippen molar-refractivity contribution in [3.05, 3.63) is 60.1 Å². The van der Waals surface area contributed by atoms with E-state index in [1.54, 1.807) is 11.2 Å². The predicted molar refractivity (Wildman–Crippen MR) is 113 cm³/mol. The van der Waals surface area contributed by atoms with Crippen molar-refractivity contribution in [1.29, 1.82) is 0 Å². The molecule has 2 aromatic rings. The first-order chi connectivity index (χ1) is 14.2. The number of hydrogen-bond acceptors (Lipinski definition) is 3. The van der Waals surface area contributed by atoms with Gasteiger partial charge in [-0.15, -0.1) is 0 Å². The Kier molecular flexibility index (Phi) is 7.91. The third kappa shape index (κ3) is 6.21. The summed E-state index contributed by atoms with van der Waals surface area (Å²) in [7, 11) is 0. The molecule has 0 spiro atoms. The molecular weight excluding hydrogens is 364 g/mol. The molecule has 0 saturated heterocycles. The third-order valence-corrected chi connectivity index (χ3v) is 5.60. The second-order valence-corrected chi connectivity index (χ2v) is 7.88. The van der Waals surface area contributed by atoms with Gasteiger partial charge in [0.1, 0.15) is 12.3 Å². The number of amides is 2. The van der Waals surface area contributed by atoms with Crippen molar-refractivity contribution in [2.24, 2.45) is 0 Å². The van der Waals surface area contributed by atoms with Crippen LogP contribution in [0.2, 0.25) is 0 Å². The van der Waals surface area contributed by atoms with Gasteiger partial charge in [0.2, 0.25) is 11.8 Å². The molecular formula is C24H32N2O3. The van der Waals surface area contributed by atoms with Crippen molar-refractivity contribution >= 4 is 11.8 Å². The van der Waals surface area contributed by atoms with E-state index in [9.17, 15) is 9.59 Å². The molecule has 1 aromatic carbocycles. The molecule has 1 saturated carbocycles. The van der Waals surface area contributed by atoms with Gasteiger partial charge in [0.25, 0.3) is 0 Å². The van der Waals surface area contributed by atoms with E-state index >= 15 is 0 Å². The van der Waals surface area contributed by atoms with Gasteiger partial charge >= 0.3 is 0 Å². The van der Waals surface area contributed by atoms with Crippen LogP contribution in [0.4, 0.5) is 0 Å². The van der Waals surface area contributed by atoms with Gasteiger partial charge in [-0.3, -0.25) is 9.59 Å². The number of furan rings is 1. The molecule has 5 nitrogen and oxygen atoms in total. The monoisotopic (exact) mass is 396 g/mol. The topological polar surface area (TPSA) is 53.8 Å². The van der Waals surface area contributed by atoms with Crippen LogP contribution < -0.4 is 0 Å². The summed E-state index contributed by atoms with van der Waals surface area (Å²) < 4.78 is 5.48. The van der Waals surface area contributed by atoms with Crippen molar-refractivity contribution in [2.75, 3.05) is 6.54 Å². The van der Waals surface area contributed by atoms with Crippen molar-refractivity contribution in [3.63, 3.8) is 0 Å². The van der Waals surface area contributed by atoms with Crippen molar-refractivity contribution in [3.8, 4) is 0 Å². The number of carbonyl (C=O) groups is 2. The Balaban J connectivity index is 1.75. The minimum Gasteiger partial charge on any atom is -0.467 e. The van der Waals surface area contributed by atoms with Crippen LogP contribution in [0, 0.1) is 0 Å². The fourth-order valence-electron chi connectivity index (χ4n) is 4.04. The molecule has 3 rings (SSSR count). The Labute approximate surface area is 173 Å². The molecule has 1 aromatic heterocycles. The van der Waals surface area contributed by atoms with Gasteiger partial charge in [0.05, 0.1) is 12.8 Å². The fourth-order valence-corrected chi connectivity index (χ4v) is 4.04. The van der Waals surface area contributed by atoms with Crippen LogP contribution >= 0.6 is 0 Å². The maximum atomic E-state index is 13.3. The smallest absolute Gasteiger partial charge is 0.242 e. The lowest BCUT2D eigenvalue weighted by Crippen LogP contribution is -2.47. The van der Waals surface area contributed by atoms with Crippen LogP contribution in [-0.4, -0.2) is 34.2 Å². The standard InChI is InChI=1S/C24H32N2O3/c1-2-10-23(27)26(21-13-7-4-8-14-21)19-24(28)25(18-22-15-9-16-29-22)17-20-11-5-3-6-12-20/h3,5-6,9,11-12,15-16,21H,2,4,7-8,10,13-14,17-19H2,1H3. The molecule has 0 N–H and O–H groups in total. The van der Waals surface area contributed by atoms with Crippen molar-refractivity contribution < 1.29 is 14.0 Å². The molecule has 0 bridgehead atoms. The van der Waals surface area contributed by atoms with Crippen LogP contribution in [0.1, 0.15) is 63.2 Å². The summed E-state index contributed by atoms with van der Waals surface area (Å²) in [4.78, 5) is 29.8. The van der Waals surface area contributed by atoms with Gasteiger partial charge in [0.15, 0.2) is 0 Å². The lowest BCUT2D eigenvalue weighted by Gasteiger charge is -2.35.